The van der Waals surface area contributed by atoms with Crippen LogP contribution in [0.2, 0.25) is 0 Å². The van der Waals surface area contributed by atoms with Gasteiger partial charge in [0.2, 0.25) is 5.79 Å². The van der Waals surface area contributed by atoms with E-state index >= 15 is 0 Å². The molecule has 3 heterocycles. The molecule has 36 heavy (non-hydrogen) atoms. The number of aliphatic hydroxyl groups is 1. The van der Waals surface area contributed by atoms with Crippen LogP contribution in [0.25, 0.3) is 0 Å². The van der Waals surface area contributed by atoms with Gasteiger partial charge in [-0.1, -0.05) is 30.3 Å². The number of β-amino-alcohol motifs (C(OH)–C–C–N with tert-alkyl or cyclic N) is 1. The molecule has 4 atom stereocenters. The van der Waals surface area contributed by atoms with Crippen LogP contribution in [0.3, 0.4) is 0 Å². The molecule has 5 nitrogen and oxygen atoms in total. The predicted octanol–water partition coefficient (Wildman–Crippen LogP) is 4.64. The van der Waals surface area contributed by atoms with Crippen LogP contribution < -0.4 is 9.47 Å². The Morgan fingerprint density at radius 3 is 2.22 bits per heavy atom. The van der Waals surface area contributed by atoms with Crippen LogP contribution in [-0.4, -0.2) is 47.2 Å². The fourth-order valence-corrected chi connectivity index (χ4v) is 5.62. The van der Waals surface area contributed by atoms with Crippen LogP contribution in [0.5, 0.6) is 11.5 Å². The first kappa shape index (κ1) is 23.4. The number of hydrogen-bond acceptors (Lipinski definition) is 5. The first-order chi connectivity index (χ1) is 17.4. The summed E-state index contributed by atoms with van der Waals surface area (Å²) in [5.74, 6) is -0.915. The predicted molar refractivity (Wildman–Crippen MR) is 130 cm³/mol. The van der Waals surface area contributed by atoms with E-state index in [2.05, 4.69) is 17.0 Å². The molecule has 7 heteroatoms. The molecule has 3 aromatic carbocycles. The van der Waals surface area contributed by atoms with E-state index < -0.39 is 18.0 Å². The second kappa shape index (κ2) is 9.47. The Morgan fingerprint density at radius 2 is 1.50 bits per heavy atom. The van der Waals surface area contributed by atoms with E-state index in [-0.39, 0.29) is 24.3 Å². The van der Waals surface area contributed by atoms with Crippen molar-refractivity contribution in [3.05, 3.63) is 95.1 Å². The maximum Gasteiger partial charge on any atom is 0.217 e. The van der Waals surface area contributed by atoms with Gasteiger partial charge in [0.1, 0.15) is 35.3 Å². The van der Waals surface area contributed by atoms with Crippen molar-refractivity contribution in [3.8, 4) is 11.5 Å². The van der Waals surface area contributed by atoms with Crippen molar-refractivity contribution in [2.24, 2.45) is 0 Å². The summed E-state index contributed by atoms with van der Waals surface area (Å²) in [4.78, 5) is 2.18. The Bertz CT molecular complexity index is 1240. The third kappa shape index (κ3) is 4.71. The minimum Gasteiger partial charge on any atom is -0.487 e. The Morgan fingerprint density at radius 1 is 0.833 bits per heavy atom. The molecule has 3 aliphatic heterocycles. The normalized spacial score (nSPS) is 27.9. The van der Waals surface area contributed by atoms with Gasteiger partial charge < -0.3 is 19.3 Å². The standard InChI is InChI=1S/C29H29F2NO4/c30-22-8-11-24-20(14-22)6-10-26(34-24)27-17-32(16-19-4-2-1-3-5-19)18-29(33,36-27)28-13-7-21-15-23(31)9-12-25(21)35-28/h1-5,8-9,11-12,14-15,26-28,33H,6-7,10,13,16-18H2/t26-,27+,28-,29?/m1/s1. The van der Waals surface area contributed by atoms with Crippen molar-refractivity contribution in [1.82, 2.24) is 4.90 Å². The number of hydrogen-bond donors (Lipinski definition) is 1. The number of fused-ring (bicyclic) bond motifs is 2. The average Bonchev–Trinajstić information content (AvgIpc) is 2.88. The van der Waals surface area contributed by atoms with Crippen molar-refractivity contribution in [2.75, 3.05) is 13.1 Å². The molecule has 1 fully saturated rings. The highest BCUT2D eigenvalue weighted by atomic mass is 19.1. The van der Waals surface area contributed by atoms with Gasteiger partial charge >= 0.3 is 0 Å². The lowest BCUT2D eigenvalue weighted by molar-refractivity contribution is -0.315. The summed E-state index contributed by atoms with van der Waals surface area (Å²) in [6.07, 6.45) is 1.11. The Kier molecular flexibility index (Phi) is 6.15. The Labute approximate surface area is 209 Å². The highest BCUT2D eigenvalue weighted by molar-refractivity contribution is 5.37. The second-order valence-electron chi connectivity index (χ2n) is 10.0. The molecule has 3 aromatic rings. The van der Waals surface area contributed by atoms with Crippen LogP contribution in [-0.2, 0) is 24.1 Å². The molecule has 0 radical (unpaired) electrons. The van der Waals surface area contributed by atoms with Gasteiger partial charge in [-0.05, 0) is 78.8 Å². The fraction of sp³-hybridized carbons (Fsp3) is 0.379. The molecule has 1 N–H and O–H groups in total. The molecule has 6 rings (SSSR count). The summed E-state index contributed by atoms with van der Waals surface area (Å²) in [7, 11) is 0. The molecular weight excluding hydrogens is 464 g/mol. The van der Waals surface area contributed by atoms with E-state index in [1.807, 2.05) is 18.2 Å². The first-order valence-electron chi connectivity index (χ1n) is 12.5. The fourth-order valence-electron chi connectivity index (χ4n) is 5.62. The Balaban J connectivity index is 1.26. The van der Waals surface area contributed by atoms with Crippen LogP contribution >= 0.6 is 0 Å². The molecule has 3 aliphatic rings. The second-order valence-corrected chi connectivity index (χ2v) is 10.0. The quantitative estimate of drug-likeness (QED) is 0.574. The number of aryl methyl sites for hydroxylation is 2. The lowest BCUT2D eigenvalue weighted by atomic mass is 9.93. The van der Waals surface area contributed by atoms with E-state index in [9.17, 15) is 13.9 Å². The number of morpholine rings is 1. The number of halogens is 2. The van der Waals surface area contributed by atoms with E-state index in [1.165, 1.54) is 24.3 Å². The van der Waals surface area contributed by atoms with Crippen LogP contribution in [0.4, 0.5) is 8.78 Å². The van der Waals surface area contributed by atoms with Crippen LogP contribution in [0.1, 0.15) is 29.5 Å². The first-order valence-corrected chi connectivity index (χ1v) is 12.5. The smallest absolute Gasteiger partial charge is 0.217 e. The summed E-state index contributed by atoms with van der Waals surface area (Å²) >= 11 is 0. The maximum atomic E-state index is 13.7. The van der Waals surface area contributed by atoms with Crippen LogP contribution in [0.15, 0.2) is 66.7 Å². The van der Waals surface area contributed by atoms with Gasteiger partial charge in [-0.25, -0.2) is 8.78 Å². The van der Waals surface area contributed by atoms with Gasteiger partial charge in [0.15, 0.2) is 6.10 Å². The molecule has 1 unspecified atom stereocenters. The zero-order valence-corrected chi connectivity index (χ0v) is 19.9. The summed E-state index contributed by atoms with van der Waals surface area (Å²) < 4.78 is 46.2. The zero-order chi connectivity index (χ0) is 24.7. The number of ether oxygens (including phenoxy) is 3. The minimum atomic E-state index is -1.57. The number of rotatable bonds is 4. The molecular formula is C29H29F2NO4. The van der Waals surface area contributed by atoms with Crippen molar-refractivity contribution in [3.63, 3.8) is 0 Å². The molecule has 188 valence electrons. The van der Waals surface area contributed by atoms with E-state index in [1.54, 1.807) is 12.1 Å². The molecule has 0 spiro atoms. The van der Waals surface area contributed by atoms with E-state index in [0.717, 1.165) is 16.7 Å². The topological polar surface area (TPSA) is 51.2 Å². The number of benzene rings is 3. The summed E-state index contributed by atoms with van der Waals surface area (Å²) in [5, 5.41) is 11.9. The molecule has 0 amide bonds. The average molecular weight is 494 g/mol. The van der Waals surface area contributed by atoms with Crippen molar-refractivity contribution in [1.29, 1.82) is 0 Å². The van der Waals surface area contributed by atoms with Crippen LogP contribution in [0, 0.1) is 11.6 Å². The highest BCUT2D eigenvalue weighted by Crippen LogP contribution is 2.38. The number of nitrogens with zero attached hydrogens (tertiary/aromatic N) is 1. The van der Waals surface area contributed by atoms with Gasteiger partial charge in [0, 0.05) is 13.1 Å². The third-order valence-electron chi connectivity index (χ3n) is 7.38. The lowest BCUT2D eigenvalue weighted by Crippen LogP contribution is -2.65. The Hall–Kier alpha value is -3.00. The highest BCUT2D eigenvalue weighted by Gasteiger charge is 2.50. The van der Waals surface area contributed by atoms with Gasteiger partial charge in [0.05, 0.1) is 6.54 Å². The molecule has 0 bridgehead atoms. The molecule has 0 aromatic heterocycles. The van der Waals surface area contributed by atoms with Gasteiger partial charge in [0.25, 0.3) is 0 Å². The maximum absolute atomic E-state index is 13.7. The van der Waals surface area contributed by atoms with Gasteiger partial charge in [-0.2, -0.15) is 0 Å². The summed E-state index contributed by atoms with van der Waals surface area (Å²) in [6, 6.07) is 19.1. The molecule has 0 saturated carbocycles. The molecule has 1 saturated heterocycles. The monoisotopic (exact) mass is 493 g/mol. The van der Waals surface area contributed by atoms with E-state index in [4.69, 9.17) is 14.2 Å². The van der Waals surface area contributed by atoms with Gasteiger partial charge in [-0.3, -0.25) is 4.90 Å². The zero-order valence-electron chi connectivity index (χ0n) is 19.9. The largest absolute Gasteiger partial charge is 0.487 e. The van der Waals surface area contributed by atoms with Crippen molar-refractivity contribution >= 4 is 0 Å². The minimum absolute atomic E-state index is 0.272. The SMILES string of the molecule is OC1([C@H]2CCc3cc(F)ccc3O2)CN(Cc2ccccc2)C[C@@H]([C@H]2CCc3cc(F)ccc3O2)O1. The van der Waals surface area contributed by atoms with Crippen molar-refractivity contribution in [2.45, 2.75) is 56.3 Å². The summed E-state index contributed by atoms with van der Waals surface area (Å²) in [6.45, 7) is 1.49. The van der Waals surface area contributed by atoms with Gasteiger partial charge in [-0.15, -0.1) is 0 Å². The molecule has 0 aliphatic carbocycles. The van der Waals surface area contributed by atoms with Crippen molar-refractivity contribution < 1.29 is 28.1 Å². The van der Waals surface area contributed by atoms with E-state index in [0.29, 0.717) is 50.3 Å². The third-order valence-corrected chi connectivity index (χ3v) is 7.38. The summed E-state index contributed by atoms with van der Waals surface area (Å²) in [5.41, 5.74) is 2.77. The lowest BCUT2D eigenvalue weighted by Gasteiger charge is -2.49.